The van der Waals surface area contributed by atoms with Gasteiger partial charge >= 0.3 is 0 Å². The maximum Gasteiger partial charge on any atom is 0.228 e. The van der Waals surface area contributed by atoms with Crippen molar-refractivity contribution in [1.82, 2.24) is 9.55 Å². The molecule has 0 N–H and O–H groups in total. The van der Waals surface area contributed by atoms with Crippen LogP contribution in [0.1, 0.15) is 48.1 Å². The number of hydrogen-bond donors (Lipinski definition) is 0. The van der Waals surface area contributed by atoms with Gasteiger partial charge in [-0.15, -0.1) is 0 Å². The Morgan fingerprint density at radius 1 is 1.26 bits per heavy atom. The number of hydrogen-bond acceptors (Lipinski definition) is 2. The number of aromatic nitrogens is 2. The standard InChI is InChI=1S/C16H20N2O/c1-11-6-7-12(16(2,3)4)10-13(11)14(19)15-17-8-9-18(15)5/h6-10H,1-5H3. The van der Waals surface area contributed by atoms with Gasteiger partial charge in [-0.3, -0.25) is 4.79 Å². The summed E-state index contributed by atoms with van der Waals surface area (Å²) >= 11 is 0. The van der Waals surface area contributed by atoms with Gasteiger partial charge in [-0.1, -0.05) is 32.9 Å². The lowest BCUT2D eigenvalue weighted by Crippen LogP contribution is -2.15. The van der Waals surface area contributed by atoms with Gasteiger partial charge in [0.2, 0.25) is 5.78 Å². The molecule has 0 aliphatic heterocycles. The first-order valence-electron chi connectivity index (χ1n) is 6.44. The van der Waals surface area contributed by atoms with E-state index in [9.17, 15) is 4.79 Å². The van der Waals surface area contributed by atoms with E-state index in [-0.39, 0.29) is 11.2 Å². The molecule has 0 saturated heterocycles. The molecule has 1 aromatic heterocycles. The molecule has 0 atom stereocenters. The Bertz CT molecular complexity index is 618. The quantitative estimate of drug-likeness (QED) is 0.773. The van der Waals surface area contributed by atoms with Crippen LogP contribution in [0.5, 0.6) is 0 Å². The molecule has 0 spiro atoms. The molecule has 2 rings (SSSR count). The van der Waals surface area contributed by atoms with Crippen molar-refractivity contribution < 1.29 is 4.79 Å². The Labute approximate surface area is 114 Å². The van der Waals surface area contributed by atoms with Crippen molar-refractivity contribution in [3.8, 4) is 0 Å². The topological polar surface area (TPSA) is 34.9 Å². The maximum absolute atomic E-state index is 12.5. The molecule has 3 heteroatoms. The average Bonchev–Trinajstić information content (AvgIpc) is 2.73. The lowest BCUT2D eigenvalue weighted by atomic mass is 9.84. The van der Waals surface area contributed by atoms with Crippen LogP contribution in [0.4, 0.5) is 0 Å². The zero-order valence-electron chi connectivity index (χ0n) is 12.2. The summed E-state index contributed by atoms with van der Waals surface area (Å²) in [4.78, 5) is 16.7. The first kappa shape index (κ1) is 13.5. The van der Waals surface area contributed by atoms with Crippen LogP contribution in [0.2, 0.25) is 0 Å². The zero-order chi connectivity index (χ0) is 14.2. The second kappa shape index (κ2) is 4.65. The molecule has 0 saturated carbocycles. The SMILES string of the molecule is Cc1ccc(C(C)(C)C)cc1C(=O)c1nccn1C. The fourth-order valence-electron chi connectivity index (χ4n) is 2.04. The molecule has 0 amide bonds. The molecule has 19 heavy (non-hydrogen) atoms. The smallest absolute Gasteiger partial charge is 0.228 e. The van der Waals surface area contributed by atoms with E-state index in [2.05, 4.69) is 31.8 Å². The van der Waals surface area contributed by atoms with E-state index in [1.54, 1.807) is 17.0 Å². The van der Waals surface area contributed by atoms with E-state index >= 15 is 0 Å². The Kier molecular flexibility index (Phi) is 3.31. The fourth-order valence-corrected chi connectivity index (χ4v) is 2.04. The third-order valence-corrected chi connectivity index (χ3v) is 3.37. The van der Waals surface area contributed by atoms with Crippen LogP contribution in [-0.4, -0.2) is 15.3 Å². The van der Waals surface area contributed by atoms with Crippen LogP contribution in [0.25, 0.3) is 0 Å². The number of rotatable bonds is 2. The van der Waals surface area contributed by atoms with E-state index in [0.29, 0.717) is 5.82 Å². The van der Waals surface area contributed by atoms with Gasteiger partial charge in [0, 0.05) is 25.0 Å². The number of aryl methyl sites for hydroxylation is 2. The number of carbonyl (C=O) groups is 1. The zero-order valence-corrected chi connectivity index (χ0v) is 12.2. The molecule has 3 nitrogen and oxygen atoms in total. The summed E-state index contributed by atoms with van der Waals surface area (Å²) in [6.07, 6.45) is 3.44. The minimum Gasteiger partial charge on any atom is -0.331 e. The van der Waals surface area contributed by atoms with Crippen molar-refractivity contribution in [1.29, 1.82) is 0 Å². The minimum atomic E-state index is -0.0175. The highest BCUT2D eigenvalue weighted by atomic mass is 16.1. The second-order valence-corrected chi connectivity index (χ2v) is 5.97. The highest BCUT2D eigenvalue weighted by Crippen LogP contribution is 2.25. The van der Waals surface area contributed by atoms with Crippen LogP contribution in [0.3, 0.4) is 0 Å². The summed E-state index contributed by atoms with van der Waals surface area (Å²) in [7, 11) is 1.84. The third kappa shape index (κ3) is 2.60. The van der Waals surface area contributed by atoms with Gasteiger partial charge < -0.3 is 4.57 Å². The predicted octanol–water partition coefficient (Wildman–Crippen LogP) is 3.26. The molecule has 0 unspecified atom stereocenters. The van der Waals surface area contributed by atoms with E-state index in [1.165, 1.54) is 0 Å². The Morgan fingerprint density at radius 2 is 1.95 bits per heavy atom. The Balaban J connectivity index is 2.51. The van der Waals surface area contributed by atoms with Gasteiger partial charge in [0.25, 0.3) is 0 Å². The van der Waals surface area contributed by atoms with Crippen molar-refractivity contribution in [3.05, 3.63) is 53.1 Å². The van der Waals surface area contributed by atoms with E-state index in [0.717, 1.165) is 16.7 Å². The molecule has 100 valence electrons. The molecule has 0 radical (unpaired) electrons. The predicted molar refractivity (Wildman–Crippen MR) is 76.5 cm³/mol. The fraction of sp³-hybridized carbons (Fsp3) is 0.375. The van der Waals surface area contributed by atoms with Gasteiger partial charge in [0.1, 0.15) is 0 Å². The third-order valence-electron chi connectivity index (χ3n) is 3.37. The number of ketones is 1. The van der Waals surface area contributed by atoms with Crippen LogP contribution in [0, 0.1) is 6.92 Å². The number of carbonyl (C=O) groups excluding carboxylic acids is 1. The minimum absolute atomic E-state index is 0.0175. The van der Waals surface area contributed by atoms with Crippen molar-refractivity contribution in [2.45, 2.75) is 33.1 Å². The van der Waals surface area contributed by atoms with Gasteiger partial charge in [-0.2, -0.15) is 0 Å². The molecule has 0 bridgehead atoms. The molecule has 0 aliphatic rings. The lowest BCUT2D eigenvalue weighted by molar-refractivity contribution is 0.102. The normalized spacial score (nSPS) is 11.6. The molecule has 2 aromatic rings. The van der Waals surface area contributed by atoms with Crippen molar-refractivity contribution in [2.24, 2.45) is 7.05 Å². The van der Waals surface area contributed by atoms with Gasteiger partial charge in [-0.05, 0) is 29.5 Å². The van der Waals surface area contributed by atoms with Crippen molar-refractivity contribution in [2.75, 3.05) is 0 Å². The lowest BCUT2D eigenvalue weighted by Gasteiger charge is -2.20. The molecule has 1 heterocycles. The van der Waals surface area contributed by atoms with E-state index in [4.69, 9.17) is 0 Å². The summed E-state index contributed by atoms with van der Waals surface area (Å²) in [6.45, 7) is 8.40. The van der Waals surface area contributed by atoms with Crippen molar-refractivity contribution in [3.63, 3.8) is 0 Å². The number of imidazole rings is 1. The van der Waals surface area contributed by atoms with Crippen LogP contribution >= 0.6 is 0 Å². The van der Waals surface area contributed by atoms with Gasteiger partial charge in [0.05, 0.1) is 0 Å². The van der Waals surface area contributed by atoms with E-state index in [1.807, 2.05) is 26.1 Å². The first-order chi connectivity index (χ1) is 8.80. The number of benzene rings is 1. The highest BCUT2D eigenvalue weighted by molar-refractivity contribution is 6.07. The summed E-state index contributed by atoms with van der Waals surface area (Å²) in [5.74, 6) is 0.463. The van der Waals surface area contributed by atoms with Crippen LogP contribution in [0.15, 0.2) is 30.6 Å². The summed E-state index contributed by atoms with van der Waals surface area (Å²) < 4.78 is 1.76. The van der Waals surface area contributed by atoms with Gasteiger partial charge in [-0.25, -0.2) is 4.98 Å². The Hall–Kier alpha value is -1.90. The Morgan fingerprint density at radius 3 is 2.47 bits per heavy atom. The summed E-state index contributed by atoms with van der Waals surface area (Å²) in [5.41, 5.74) is 2.92. The first-order valence-corrected chi connectivity index (χ1v) is 6.44. The van der Waals surface area contributed by atoms with Gasteiger partial charge in [0.15, 0.2) is 5.82 Å². The number of nitrogens with zero attached hydrogens (tertiary/aromatic N) is 2. The summed E-state index contributed by atoms with van der Waals surface area (Å²) in [5, 5.41) is 0. The van der Waals surface area contributed by atoms with E-state index < -0.39 is 0 Å². The monoisotopic (exact) mass is 256 g/mol. The molecular weight excluding hydrogens is 236 g/mol. The highest BCUT2D eigenvalue weighted by Gasteiger charge is 2.20. The summed E-state index contributed by atoms with van der Waals surface area (Å²) in [6, 6.07) is 6.09. The van der Waals surface area contributed by atoms with Crippen molar-refractivity contribution >= 4 is 5.78 Å². The largest absolute Gasteiger partial charge is 0.331 e. The maximum atomic E-state index is 12.5. The molecule has 1 aromatic carbocycles. The van der Waals surface area contributed by atoms with Crippen LogP contribution in [-0.2, 0) is 12.5 Å². The average molecular weight is 256 g/mol. The molecule has 0 aliphatic carbocycles. The molecule has 0 fully saturated rings. The van der Waals surface area contributed by atoms with Crippen LogP contribution < -0.4 is 0 Å². The molecular formula is C16H20N2O. The second-order valence-electron chi connectivity index (χ2n) is 5.97.